The molecular weight excluding hydrogens is 474 g/mol. The van der Waals surface area contributed by atoms with Crippen molar-refractivity contribution in [2.45, 2.75) is 16.2 Å². The lowest BCUT2D eigenvalue weighted by Crippen LogP contribution is -2.41. The largest absolute Gasteiger partial charge is 0.354 e. The highest BCUT2D eigenvalue weighted by atomic mass is 32.2. The zero-order valence-electron chi connectivity index (χ0n) is 18.0. The van der Waals surface area contributed by atoms with Crippen molar-refractivity contribution in [2.75, 3.05) is 23.1 Å². The van der Waals surface area contributed by atoms with Crippen LogP contribution >= 0.6 is 23.1 Å². The van der Waals surface area contributed by atoms with E-state index < -0.39 is 10.0 Å². The Kier molecular flexibility index (Phi) is 7.32. The van der Waals surface area contributed by atoms with E-state index in [1.807, 2.05) is 43.3 Å². The van der Waals surface area contributed by atoms with Gasteiger partial charge in [0, 0.05) is 12.3 Å². The van der Waals surface area contributed by atoms with Crippen LogP contribution in [0.25, 0.3) is 10.2 Å². The number of carbonyl (C=O) groups excluding carboxylic acids is 1. The number of nitrogens with one attached hydrogen (secondary N) is 1. The van der Waals surface area contributed by atoms with Crippen molar-refractivity contribution in [1.82, 2.24) is 10.3 Å². The first-order valence-corrected chi connectivity index (χ1v) is 13.6. The molecule has 0 radical (unpaired) electrons. The van der Waals surface area contributed by atoms with Gasteiger partial charge in [-0.3, -0.25) is 9.10 Å². The van der Waals surface area contributed by atoms with E-state index in [-0.39, 0.29) is 17.3 Å². The average Bonchev–Trinajstić information content (AvgIpc) is 3.24. The van der Waals surface area contributed by atoms with Gasteiger partial charge < -0.3 is 5.32 Å². The number of sulfonamides is 1. The Morgan fingerprint density at radius 1 is 1.00 bits per heavy atom. The fourth-order valence-electron chi connectivity index (χ4n) is 3.17. The number of benzene rings is 3. The minimum atomic E-state index is -3.89. The number of aryl methyl sites for hydroxylation is 1. The predicted octanol–water partition coefficient (Wildman–Crippen LogP) is 4.71. The average molecular weight is 498 g/mol. The minimum Gasteiger partial charge on any atom is -0.354 e. The Balaban J connectivity index is 1.41. The third kappa shape index (κ3) is 5.73. The van der Waals surface area contributed by atoms with Crippen LogP contribution in [0.2, 0.25) is 0 Å². The molecule has 0 fully saturated rings. The predicted molar refractivity (Wildman–Crippen MR) is 136 cm³/mol. The topological polar surface area (TPSA) is 79.4 Å². The second-order valence-corrected chi connectivity index (χ2v) is 11.5. The Labute approximate surface area is 201 Å². The Morgan fingerprint density at radius 3 is 2.42 bits per heavy atom. The number of fused-ring (bicyclic) bond motifs is 1. The molecule has 3 aromatic carbocycles. The summed E-state index contributed by atoms with van der Waals surface area (Å²) in [6.07, 6.45) is 0. The quantitative estimate of drug-likeness (QED) is 0.268. The Morgan fingerprint density at radius 2 is 1.70 bits per heavy atom. The van der Waals surface area contributed by atoms with E-state index >= 15 is 0 Å². The number of aromatic nitrogens is 1. The van der Waals surface area contributed by atoms with Gasteiger partial charge in [0.15, 0.2) is 4.34 Å². The van der Waals surface area contributed by atoms with E-state index in [0.717, 1.165) is 24.4 Å². The van der Waals surface area contributed by atoms with Crippen LogP contribution in [-0.4, -0.2) is 38.2 Å². The van der Waals surface area contributed by atoms with Gasteiger partial charge >= 0.3 is 0 Å². The number of hydrogen-bond acceptors (Lipinski definition) is 6. The van der Waals surface area contributed by atoms with Crippen LogP contribution in [0.1, 0.15) is 5.56 Å². The Bertz CT molecular complexity index is 1300. The fourth-order valence-corrected chi connectivity index (χ4v) is 6.61. The van der Waals surface area contributed by atoms with E-state index in [2.05, 4.69) is 10.3 Å². The van der Waals surface area contributed by atoms with Crippen LogP contribution in [0.5, 0.6) is 0 Å². The van der Waals surface area contributed by atoms with E-state index in [4.69, 9.17) is 0 Å². The van der Waals surface area contributed by atoms with Crippen molar-refractivity contribution in [3.05, 3.63) is 84.4 Å². The molecule has 4 aromatic rings. The maximum atomic E-state index is 13.3. The van der Waals surface area contributed by atoms with E-state index in [1.165, 1.54) is 12.1 Å². The molecule has 4 rings (SSSR count). The molecule has 1 heterocycles. The summed E-state index contributed by atoms with van der Waals surface area (Å²) in [5.74, 6) is 0.279. The first-order valence-electron chi connectivity index (χ1n) is 10.3. The van der Waals surface area contributed by atoms with E-state index in [0.29, 0.717) is 18.0 Å². The molecule has 0 aliphatic rings. The lowest BCUT2D eigenvalue weighted by atomic mass is 10.2. The highest BCUT2D eigenvalue weighted by Crippen LogP contribution is 2.29. The number of anilines is 1. The van der Waals surface area contributed by atoms with Gasteiger partial charge in [-0.1, -0.05) is 59.8 Å². The lowest BCUT2D eigenvalue weighted by Gasteiger charge is -2.24. The standard InChI is InChI=1S/C24H23N3O3S3/c1-18-11-13-19(14-12-18)27(33(29,30)20-7-3-2-4-8-20)17-23(28)25-15-16-31-24-26-21-9-5-6-10-22(21)32-24/h2-14H,15-17H2,1H3,(H,25,28). The summed E-state index contributed by atoms with van der Waals surface area (Å²) >= 11 is 3.19. The number of nitrogens with zero attached hydrogens (tertiary/aromatic N) is 2. The summed E-state index contributed by atoms with van der Waals surface area (Å²) < 4.78 is 29.8. The van der Waals surface area contributed by atoms with Crippen molar-refractivity contribution in [1.29, 1.82) is 0 Å². The van der Waals surface area contributed by atoms with Crippen molar-refractivity contribution in [3.63, 3.8) is 0 Å². The molecule has 9 heteroatoms. The molecule has 0 saturated heterocycles. The second kappa shape index (κ2) is 10.4. The molecule has 0 atom stereocenters. The molecule has 0 spiro atoms. The Hall–Kier alpha value is -2.88. The summed E-state index contributed by atoms with van der Waals surface area (Å²) in [4.78, 5) is 17.4. The molecule has 6 nitrogen and oxygen atoms in total. The molecule has 0 aliphatic heterocycles. The number of hydrogen-bond donors (Lipinski definition) is 1. The first-order chi connectivity index (χ1) is 15.9. The zero-order valence-corrected chi connectivity index (χ0v) is 20.4. The molecule has 1 N–H and O–H groups in total. The normalized spacial score (nSPS) is 11.4. The van der Waals surface area contributed by atoms with Gasteiger partial charge in [-0.2, -0.15) is 0 Å². The van der Waals surface area contributed by atoms with Crippen molar-refractivity contribution < 1.29 is 13.2 Å². The van der Waals surface area contributed by atoms with Gasteiger partial charge in [-0.15, -0.1) is 11.3 Å². The van der Waals surface area contributed by atoms with Crippen LogP contribution in [0.15, 0.2) is 88.1 Å². The van der Waals surface area contributed by atoms with Crippen molar-refractivity contribution >= 4 is 54.9 Å². The lowest BCUT2D eigenvalue weighted by molar-refractivity contribution is -0.119. The molecule has 33 heavy (non-hydrogen) atoms. The number of thiazole rings is 1. The number of thioether (sulfide) groups is 1. The van der Waals surface area contributed by atoms with Crippen molar-refractivity contribution in [2.24, 2.45) is 0 Å². The van der Waals surface area contributed by atoms with Gasteiger partial charge in [0.2, 0.25) is 5.91 Å². The maximum absolute atomic E-state index is 13.3. The summed E-state index contributed by atoms with van der Waals surface area (Å²) in [5.41, 5.74) is 2.42. The van der Waals surface area contributed by atoms with Crippen LogP contribution in [-0.2, 0) is 14.8 Å². The first kappa shape index (κ1) is 23.3. The smallest absolute Gasteiger partial charge is 0.264 e. The van der Waals surface area contributed by atoms with Gasteiger partial charge in [0.1, 0.15) is 6.54 Å². The number of rotatable bonds is 9. The molecule has 1 amide bonds. The highest BCUT2D eigenvalue weighted by Gasteiger charge is 2.26. The minimum absolute atomic E-state index is 0.143. The number of carbonyl (C=O) groups is 1. The number of amides is 1. The summed E-state index contributed by atoms with van der Waals surface area (Å²) in [5, 5.41) is 2.83. The molecule has 0 unspecified atom stereocenters. The third-order valence-corrected chi connectivity index (χ3v) is 8.83. The van der Waals surface area contributed by atoms with Gasteiger partial charge in [0.05, 0.1) is 20.8 Å². The molecular formula is C24H23N3O3S3. The van der Waals surface area contributed by atoms with Crippen LogP contribution < -0.4 is 9.62 Å². The third-order valence-electron chi connectivity index (χ3n) is 4.86. The summed E-state index contributed by atoms with van der Waals surface area (Å²) in [6.45, 7) is 2.04. The number of para-hydroxylation sites is 1. The maximum Gasteiger partial charge on any atom is 0.264 e. The van der Waals surface area contributed by atoms with Gasteiger partial charge in [-0.25, -0.2) is 13.4 Å². The van der Waals surface area contributed by atoms with Crippen molar-refractivity contribution in [3.8, 4) is 0 Å². The molecule has 0 bridgehead atoms. The van der Waals surface area contributed by atoms with Gasteiger partial charge in [-0.05, 0) is 43.3 Å². The van der Waals surface area contributed by atoms with Crippen LogP contribution in [0.4, 0.5) is 5.69 Å². The fraction of sp³-hybridized carbons (Fsp3) is 0.167. The van der Waals surface area contributed by atoms with E-state index in [9.17, 15) is 13.2 Å². The van der Waals surface area contributed by atoms with E-state index in [1.54, 1.807) is 53.4 Å². The van der Waals surface area contributed by atoms with Crippen LogP contribution in [0, 0.1) is 6.92 Å². The molecule has 1 aromatic heterocycles. The zero-order chi connectivity index (χ0) is 23.3. The molecule has 170 valence electrons. The SMILES string of the molecule is Cc1ccc(N(CC(=O)NCCSc2nc3ccccc3s2)S(=O)(=O)c2ccccc2)cc1. The molecule has 0 aliphatic carbocycles. The second-order valence-electron chi connectivity index (χ2n) is 7.31. The summed E-state index contributed by atoms with van der Waals surface area (Å²) in [7, 11) is -3.89. The van der Waals surface area contributed by atoms with Gasteiger partial charge in [0.25, 0.3) is 10.0 Å². The molecule has 0 saturated carbocycles. The summed E-state index contributed by atoms with van der Waals surface area (Å²) in [6, 6.07) is 23.2. The highest BCUT2D eigenvalue weighted by molar-refractivity contribution is 8.01. The monoisotopic (exact) mass is 497 g/mol. The van der Waals surface area contributed by atoms with Crippen LogP contribution in [0.3, 0.4) is 0 Å².